The Balaban J connectivity index is 2.12. The Kier molecular flexibility index (Phi) is 4.18. The van der Waals surface area contributed by atoms with E-state index >= 15 is 0 Å². The van der Waals surface area contributed by atoms with Crippen molar-refractivity contribution in [3.05, 3.63) is 21.9 Å². The highest BCUT2D eigenvalue weighted by molar-refractivity contribution is 7.14. The summed E-state index contributed by atoms with van der Waals surface area (Å²) in [6.07, 6.45) is 4.34. The molecule has 1 aliphatic rings. The number of likely N-dealkylation sites (tertiary alicyclic amines) is 1. The first-order chi connectivity index (χ1) is 8.26. The fraction of sp³-hybridized carbons (Fsp3) is 0.615. The highest BCUT2D eigenvalue weighted by Gasteiger charge is 2.27. The zero-order valence-corrected chi connectivity index (χ0v) is 11.1. The minimum absolute atomic E-state index is 0.171. The molecule has 3 nitrogen and oxygen atoms in total. The Morgan fingerprint density at radius 2 is 2.35 bits per heavy atom. The molecule has 1 saturated heterocycles. The van der Waals surface area contributed by atoms with Crippen LogP contribution in [-0.4, -0.2) is 29.9 Å². The first kappa shape index (κ1) is 12.6. The van der Waals surface area contributed by atoms with Gasteiger partial charge >= 0.3 is 0 Å². The third kappa shape index (κ3) is 2.69. The predicted octanol–water partition coefficient (Wildman–Crippen LogP) is 2.26. The summed E-state index contributed by atoms with van der Waals surface area (Å²) in [4.78, 5) is 16.5. The first-order valence-corrected chi connectivity index (χ1v) is 7.17. The first-order valence-electron chi connectivity index (χ1n) is 6.36. The lowest BCUT2D eigenvalue weighted by molar-refractivity contribution is 0.0628. The van der Waals surface area contributed by atoms with Gasteiger partial charge in [0.15, 0.2) is 0 Å². The number of carbonyl (C=O) groups excluding carboxylic acids is 1. The molecule has 0 saturated carbocycles. The van der Waals surface area contributed by atoms with Crippen LogP contribution < -0.4 is 5.73 Å². The normalized spacial score (nSPS) is 20.6. The standard InChI is InChI=1S/C13H20N2OS/c1-2-11-6-7-12(17-11)13(16)15-8-4-3-5-10(15)9-14/h6-7,10H,2-5,8-9,14H2,1H3. The van der Waals surface area contributed by atoms with Crippen LogP contribution in [0.3, 0.4) is 0 Å². The van der Waals surface area contributed by atoms with E-state index in [0.29, 0.717) is 6.54 Å². The van der Waals surface area contributed by atoms with Crippen LogP contribution in [0.5, 0.6) is 0 Å². The molecular weight excluding hydrogens is 232 g/mol. The third-order valence-electron chi connectivity index (χ3n) is 3.38. The van der Waals surface area contributed by atoms with Gasteiger partial charge in [0.25, 0.3) is 5.91 Å². The molecule has 1 aromatic rings. The van der Waals surface area contributed by atoms with Crippen LogP contribution in [-0.2, 0) is 6.42 Å². The highest BCUT2D eigenvalue weighted by atomic mass is 32.1. The average molecular weight is 252 g/mol. The molecule has 1 aromatic heterocycles. The Morgan fingerprint density at radius 3 is 3.00 bits per heavy atom. The summed E-state index contributed by atoms with van der Waals surface area (Å²) in [6, 6.07) is 4.25. The Hall–Kier alpha value is -0.870. The van der Waals surface area contributed by atoms with E-state index in [1.165, 1.54) is 11.3 Å². The van der Waals surface area contributed by atoms with Crippen LogP contribution in [0.1, 0.15) is 40.7 Å². The maximum atomic E-state index is 12.4. The van der Waals surface area contributed by atoms with E-state index < -0.39 is 0 Å². The average Bonchev–Trinajstić information content (AvgIpc) is 2.86. The van der Waals surface area contributed by atoms with Gasteiger partial charge in [-0.05, 0) is 37.8 Å². The molecule has 1 fully saturated rings. The van der Waals surface area contributed by atoms with Crippen LogP contribution in [0.2, 0.25) is 0 Å². The molecule has 94 valence electrons. The van der Waals surface area contributed by atoms with Crippen molar-refractivity contribution in [3.63, 3.8) is 0 Å². The van der Waals surface area contributed by atoms with E-state index in [2.05, 4.69) is 13.0 Å². The van der Waals surface area contributed by atoms with E-state index in [0.717, 1.165) is 30.7 Å². The van der Waals surface area contributed by atoms with E-state index in [1.54, 1.807) is 11.3 Å². The van der Waals surface area contributed by atoms with Gasteiger partial charge in [-0.2, -0.15) is 0 Å². The molecule has 4 heteroatoms. The fourth-order valence-electron chi connectivity index (χ4n) is 2.34. The smallest absolute Gasteiger partial charge is 0.264 e. The summed E-state index contributed by atoms with van der Waals surface area (Å²) in [5, 5.41) is 0. The second kappa shape index (κ2) is 5.65. The summed E-state index contributed by atoms with van der Waals surface area (Å²) in [5.41, 5.74) is 5.75. The van der Waals surface area contributed by atoms with Crippen molar-refractivity contribution in [2.24, 2.45) is 5.73 Å². The number of amides is 1. The van der Waals surface area contributed by atoms with Crippen molar-refractivity contribution >= 4 is 17.2 Å². The number of nitrogens with two attached hydrogens (primary N) is 1. The van der Waals surface area contributed by atoms with Crippen molar-refractivity contribution < 1.29 is 4.79 Å². The molecule has 0 spiro atoms. The summed E-state index contributed by atoms with van der Waals surface area (Å²) in [5.74, 6) is 0.171. The van der Waals surface area contributed by atoms with Gasteiger partial charge < -0.3 is 10.6 Å². The zero-order valence-electron chi connectivity index (χ0n) is 10.3. The van der Waals surface area contributed by atoms with Gasteiger partial charge in [-0.15, -0.1) is 11.3 Å². The molecular formula is C13H20N2OS. The van der Waals surface area contributed by atoms with Gasteiger partial charge in [0, 0.05) is 24.0 Å². The van der Waals surface area contributed by atoms with Crippen molar-refractivity contribution in [1.82, 2.24) is 4.90 Å². The topological polar surface area (TPSA) is 46.3 Å². The van der Waals surface area contributed by atoms with Crippen LogP contribution in [0.25, 0.3) is 0 Å². The number of carbonyl (C=O) groups is 1. The summed E-state index contributed by atoms with van der Waals surface area (Å²) >= 11 is 1.62. The number of hydrogen-bond acceptors (Lipinski definition) is 3. The largest absolute Gasteiger partial charge is 0.334 e. The Labute approximate surface area is 107 Å². The zero-order chi connectivity index (χ0) is 12.3. The van der Waals surface area contributed by atoms with Crippen LogP contribution in [0, 0.1) is 0 Å². The maximum absolute atomic E-state index is 12.4. The number of piperidine rings is 1. The second-order valence-electron chi connectivity index (χ2n) is 4.50. The minimum Gasteiger partial charge on any atom is -0.334 e. The molecule has 1 unspecified atom stereocenters. The fourth-order valence-corrected chi connectivity index (χ4v) is 3.24. The second-order valence-corrected chi connectivity index (χ2v) is 5.67. The molecule has 0 radical (unpaired) electrons. The van der Waals surface area contributed by atoms with Gasteiger partial charge in [0.05, 0.1) is 4.88 Å². The van der Waals surface area contributed by atoms with Crippen molar-refractivity contribution in [2.75, 3.05) is 13.1 Å². The molecule has 2 N–H and O–H groups in total. The van der Waals surface area contributed by atoms with Gasteiger partial charge in [-0.3, -0.25) is 4.79 Å². The number of hydrogen-bond donors (Lipinski definition) is 1. The Bertz CT molecular complexity index is 389. The van der Waals surface area contributed by atoms with Crippen LogP contribution >= 0.6 is 11.3 Å². The summed E-state index contributed by atoms with van der Waals surface area (Å²) in [7, 11) is 0. The van der Waals surface area contributed by atoms with Crippen LogP contribution in [0.15, 0.2) is 12.1 Å². The molecule has 1 atom stereocenters. The summed E-state index contributed by atoms with van der Waals surface area (Å²) < 4.78 is 0. The summed E-state index contributed by atoms with van der Waals surface area (Å²) in [6.45, 7) is 3.56. The molecule has 1 amide bonds. The number of aryl methyl sites for hydroxylation is 1. The molecule has 2 rings (SSSR count). The van der Waals surface area contributed by atoms with Gasteiger partial charge in [0.1, 0.15) is 0 Å². The minimum atomic E-state index is 0.171. The van der Waals surface area contributed by atoms with Gasteiger partial charge in [-0.1, -0.05) is 6.92 Å². The lowest BCUT2D eigenvalue weighted by atomic mass is 10.0. The molecule has 0 bridgehead atoms. The SMILES string of the molecule is CCc1ccc(C(=O)N2CCCCC2CN)s1. The van der Waals surface area contributed by atoms with Gasteiger partial charge in [0.2, 0.25) is 0 Å². The van der Waals surface area contributed by atoms with Crippen molar-refractivity contribution in [3.8, 4) is 0 Å². The Morgan fingerprint density at radius 1 is 1.53 bits per heavy atom. The third-order valence-corrected chi connectivity index (χ3v) is 4.60. The lowest BCUT2D eigenvalue weighted by Crippen LogP contribution is -2.47. The van der Waals surface area contributed by atoms with E-state index in [4.69, 9.17) is 5.73 Å². The van der Waals surface area contributed by atoms with Crippen LogP contribution in [0.4, 0.5) is 0 Å². The molecule has 1 aliphatic heterocycles. The maximum Gasteiger partial charge on any atom is 0.264 e. The van der Waals surface area contributed by atoms with E-state index in [9.17, 15) is 4.79 Å². The highest BCUT2D eigenvalue weighted by Crippen LogP contribution is 2.23. The van der Waals surface area contributed by atoms with Gasteiger partial charge in [-0.25, -0.2) is 0 Å². The van der Waals surface area contributed by atoms with Crippen molar-refractivity contribution in [2.45, 2.75) is 38.6 Å². The lowest BCUT2D eigenvalue weighted by Gasteiger charge is -2.34. The number of rotatable bonds is 3. The quantitative estimate of drug-likeness (QED) is 0.897. The molecule has 0 aromatic carbocycles. The van der Waals surface area contributed by atoms with E-state index in [-0.39, 0.29) is 11.9 Å². The molecule has 0 aliphatic carbocycles. The van der Waals surface area contributed by atoms with E-state index in [1.807, 2.05) is 11.0 Å². The van der Waals surface area contributed by atoms with Crippen molar-refractivity contribution in [1.29, 1.82) is 0 Å². The molecule has 2 heterocycles. The predicted molar refractivity (Wildman–Crippen MR) is 71.4 cm³/mol. The monoisotopic (exact) mass is 252 g/mol. The molecule has 17 heavy (non-hydrogen) atoms. The number of nitrogens with zero attached hydrogens (tertiary/aromatic N) is 1. The number of thiophene rings is 1.